The fourth-order valence-corrected chi connectivity index (χ4v) is 9.83. The zero-order valence-electron chi connectivity index (χ0n) is 48.0. The second-order valence-corrected chi connectivity index (χ2v) is 21.3. The minimum absolute atomic E-state index is 0.0456. The van der Waals surface area contributed by atoms with Crippen molar-refractivity contribution in [1.82, 2.24) is 57.5 Å². The number of hydrogen-bond acceptors (Lipinski definition) is 11. The molecule has 0 bridgehead atoms. The highest BCUT2D eigenvalue weighted by atomic mass is 16.2. The summed E-state index contributed by atoms with van der Waals surface area (Å²) in [4.78, 5) is 142. The van der Waals surface area contributed by atoms with Gasteiger partial charge in [-0.25, -0.2) is 4.98 Å². The number of carbonyl (C=O) groups excluding carboxylic acids is 9. The van der Waals surface area contributed by atoms with Gasteiger partial charge in [0.25, 0.3) is 0 Å². The van der Waals surface area contributed by atoms with E-state index in [1.165, 1.54) is 12.5 Å². The third-order valence-corrected chi connectivity index (χ3v) is 14.5. The number of imidazole rings is 1. The van der Waals surface area contributed by atoms with Crippen molar-refractivity contribution < 1.29 is 43.2 Å². The molecule has 0 spiro atoms. The fraction of sp³-hybridized carbons (Fsp3) is 0.542. The number of H-pyrrole nitrogens is 2. The zero-order valence-corrected chi connectivity index (χ0v) is 48.0. The van der Waals surface area contributed by atoms with Crippen molar-refractivity contribution in [2.75, 3.05) is 13.1 Å². The molecule has 1 saturated heterocycles. The Morgan fingerprint density at radius 2 is 1.31 bits per heavy atom. The molecule has 1 aliphatic rings. The molecular formula is C59H87N15O9. The molecule has 16 N–H and O–H groups in total. The van der Waals surface area contributed by atoms with Crippen LogP contribution in [0, 0.1) is 0 Å². The molecule has 4 aromatic rings. The number of aromatic amines is 2. The molecule has 452 valence electrons. The van der Waals surface area contributed by atoms with Crippen LogP contribution in [0.3, 0.4) is 0 Å². The molecule has 2 aromatic carbocycles. The maximum absolute atomic E-state index is 14.8. The number of primary amides is 1. The first-order chi connectivity index (χ1) is 40.0. The Bertz CT molecular complexity index is 2750. The molecule has 0 saturated carbocycles. The number of rotatable bonds is 25. The lowest BCUT2D eigenvalue weighted by atomic mass is 10.0. The maximum Gasteiger partial charge on any atom is 0.243 e. The highest BCUT2D eigenvalue weighted by molar-refractivity contribution is 5.98. The Morgan fingerprint density at radius 3 is 2.01 bits per heavy atom. The number of benzene rings is 2. The van der Waals surface area contributed by atoms with E-state index >= 15 is 0 Å². The molecule has 24 nitrogen and oxygen atoms in total. The van der Waals surface area contributed by atoms with E-state index in [0.29, 0.717) is 48.9 Å². The third-order valence-electron chi connectivity index (χ3n) is 14.5. The first-order valence-electron chi connectivity index (χ1n) is 29.3. The molecule has 83 heavy (non-hydrogen) atoms. The van der Waals surface area contributed by atoms with E-state index in [0.717, 1.165) is 49.4 Å². The van der Waals surface area contributed by atoms with E-state index in [2.05, 4.69) is 69.4 Å². The highest BCUT2D eigenvalue weighted by Gasteiger charge is 2.35. The van der Waals surface area contributed by atoms with Crippen LogP contribution in [0.1, 0.15) is 146 Å². The minimum Gasteiger partial charge on any atom is -0.370 e. The van der Waals surface area contributed by atoms with Gasteiger partial charge in [-0.05, 0) is 68.6 Å². The van der Waals surface area contributed by atoms with Crippen molar-refractivity contribution in [3.63, 3.8) is 0 Å². The summed E-state index contributed by atoms with van der Waals surface area (Å²) >= 11 is 0. The molecule has 0 aliphatic carbocycles. The average Bonchev–Trinajstić information content (AvgIpc) is 4.36. The molecule has 1 aliphatic heterocycles. The lowest BCUT2D eigenvalue weighted by Crippen LogP contribution is -2.61. The number of aliphatic imine (C=N–C) groups is 1. The lowest BCUT2D eigenvalue weighted by Gasteiger charge is -2.28. The van der Waals surface area contributed by atoms with Crippen LogP contribution in [0.2, 0.25) is 0 Å². The Labute approximate surface area is 485 Å². The molecule has 24 heteroatoms. The van der Waals surface area contributed by atoms with Crippen molar-refractivity contribution in [2.24, 2.45) is 22.2 Å². The number of nitrogens with two attached hydrogens (primary N) is 3. The van der Waals surface area contributed by atoms with Gasteiger partial charge in [0, 0.05) is 74.2 Å². The van der Waals surface area contributed by atoms with E-state index in [9.17, 15) is 43.2 Å². The lowest BCUT2D eigenvalue weighted by molar-refractivity contribution is -0.136. The summed E-state index contributed by atoms with van der Waals surface area (Å²) in [6.45, 7) is 4.30. The van der Waals surface area contributed by atoms with Crippen LogP contribution in [0.25, 0.3) is 10.9 Å². The Kier molecular flexibility index (Phi) is 28.0. The van der Waals surface area contributed by atoms with Gasteiger partial charge in [-0.3, -0.25) is 48.1 Å². The van der Waals surface area contributed by atoms with Crippen LogP contribution < -0.4 is 59.7 Å². The highest BCUT2D eigenvalue weighted by Crippen LogP contribution is 2.20. The summed E-state index contributed by atoms with van der Waals surface area (Å²) in [5.74, 6) is -6.41. The van der Waals surface area contributed by atoms with Crippen LogP contribution in [0.5, 0.6) is 0 Å². The largest absolute Gasteiger partial charge is 0.370 e. The average molecular weight is 1150 g/mol. The number of fused-ring (bicyclic) bond motifs is 1. The summed E-state index contributed by atoms with van der Waals surface area (Å²) in [5, 5.41) is 23.2. The number of amides is 9. The van der Waals surface area contributed by atoms with Gasteiger partial charge >= 0.3 is 0 Å². The SMILES string of the molecule is CCCCCCCCCC(=O)N[C@@H](CCCC)C(=O)N[C@H]1CCC(=O)NCCCC[C@@H](C(N)=O)NC(=O)[C@H](Cc2c[nH]c3ccccc23)NC(=O)[C@H](CCCN=C(N)N)NC(=O)[C@@H](Cc2ccccc2)NC(=O)[C@H](Cc2cnc[nH]2)NC1=O. The molecule has 7 atom stereocenters. The third kappa shape index (κ3) is 23.2. The maximum atomic E-state index is 14.8. The van der Waals surface area contributed by atoms with E-state index in [1.807, 2.05) is 31.2 Å². The zero-order chi connectivity index (χ0) is 59.9. The number of nitrogens with one attached hydrogen (secondary N) is 10. The fourth-order valence-electron chi connectivity index (χ4n) is 9.83. The van der Waals surface area contributed by atoms with E-state index in [1.54, 1.807) is 36.5 Å². The van der Waals surface area contributed by atoms with E-state index in [-0.39, 0.29) is 89.2 Å². The van der Waals surface area contributed by atoms with Crippen LogP contribution >= 0.6 is 0 Å². The topological polar surface area (TPSA) is 385 Å². The number of para-hydroxylation sites is 1. The van der Waals surface area contributed by atoms with Gasteiger partial charge in [0.1, 0.15) is 42.3 Å². The van der Waals surface area contributed by atoms with Crippen molar-refractivity contribution >= 4 is 70.0 Å². The Balaban J connectivity index is 1.50. The summed E-state index contributed by atoms with van der Waals surface area (Å²) in [6, 6.07) is 7.08. The quantitative estimate of drug-likeness (QED) is 0.0258. The monoisotopic (exact) mass is 1150 g/mol. The second-order valence-electron chi connectivity index (χ2n) is 21.3. The van der Waals surface area contributed by atoms with Crippen LogP contribution in [0.15, 0.2) is 78.3 Å². The van der Waals surface area contributed by atoms with Crippen LogP contribution in [-0.4, -0.2) is 129 Å². The number of guanidine groups is 1. The molecule has 9 amide bonds. The molecule has 3 heterocycles. The van der Waals surface area contributed by atoms with Gasteiger partial charge in [-0.1, -0.05) is 114 Å². The van der Waals surface area contributed by atoms with Crippen LogP contribution in [-0.2, 0) is 62.4 Å². The van der Waals surface area contributed by atoms with Crippen molar-refractivity contribution in [1.29, 1.82) is 0 Å². The van der Waals surface area contributed by atoms with Crippen molar-refractivity contribution in [2.45, 2.75) is 191 Å². The molecule has 2 aromatic heterocycles. The van der Waals surface area contributed by atoms with E-state index in [4.69, 9.17) is 17.2 Å². The van der Waals surface area contributed by atoms with Crippen molar-refractivity contribution in [3.05, 3.63) is 90.1 Å². The number of unbranched alkanes of at least 4 members (excludes halogenated alkanes) is 7. The molecular weight excluding hydrogens is 1060 g/mol. The minimum atomic E-state index is -1.42. The Hall–Kier alpha value is -8.31. The van der Waals surface area contributed by atoms with Crippen molar-refractivity contribution in [3.8, 4) is 0 Å². The Morgan fingerprint density at radius 1 is 0.675 bits per heavy atom. The number of nitrogens with zero attached hydrogens (tertiary/aromatic N) is 2. The summed E-state index contributed by atoms with van der Waals surface area (Å²) < 4.78 is 0. The summed E-state index contributed by atoms with van der Waals surface area (Å²) in [6.07, 6.45) is 13.5. The van der Waals surface area contributed by atoms with Gasteiger partial charge < -0.3 is 69.7 Å². The number of hydrogen-bond donors (Lipinski definition) is 13. The van der Waals surface area contributed by atoms with Crippen LogP contribution in [0.4, 0.5) is 0 Å². The summed E-state index contributed by atoms with van der Waals surface area (Å²) in [7, 11) is 0. The predicted molar refractivity (Wildman–Crippen MR) is 315 cm³/mol. The second kappa shape index (κ2) is 35.5. The van der Waals surface area contributed by atoms with Gasteiger partial charge in [-0.15, -0.1) is 0 Å². The predicted octanol–water partition coefficient (Wildman–Crippen LogP) is 2.26. The van der Waals surface area contributed by atoms with Gasteiger partial charge in [0.05, 0.1) is 6.33 Å². The van der Waals surface area contributed by atoms with E-state index < -0.39 is 89.6 Å². The number of aromatic nitrogens is 3. The normalized spacial score (nSPS) is 20.5. The molecule has 1 fully saturated rings. The smallest absolute Gasteiger partial charge is 0.243 e. The molecule has 0 unspecified atom stereocenters. The van der Waals surface area contributed by atoms with Gasteiger partial charge in [0.15, 0.2) is 5.96 Å². The molecule has 5 rings (SSSR count). The first kappa shape index (κ1) is 65.5. The first-order valence-corrected chi connectivity index (χ1v) is 29.3. The van der Waals surface area contributed by atoms with Gasteiger partial charge in [0.2, 0.25) is 53.2 Å². The van der Waals surface area contributed by atoms with Gasteiger partial charge in [-0.2, -0.15) is 0 Å². The summed E-state index contributed by atoms with van der Waals surface area (Å²) in [5.41, 5.74) is 19.6. The molecule has 0 radical (unpaired) electrons. The number of carbonyl (C=O) groups is 9. The standard InChI is InChI=1S/C59H87N15O9/c1-3-5-7-8-9-10-14-27-51(76)68-44(23-6-4-2)53(78)71-46-28-29-50(75)64-30-18-17-25-43(52(60)77)69-57(82)48(33-39-35-66-42-24-16-15-22-41(39)42)73-54(79)45(26-19-31-65-59(61)62)70-56(81)47(32-38-20-12-11-13-21-38)72-58(83)49(74-55(46)80)34-40-36-63-37-67-40/h11-13,15-16,20-22,24,35-37,43-49,66H,3-10,14,17-19,23,25-34H2,1-2H3,(H2,60,77)(H,63,67)(H,64,75)(H,68,76)(H,69,82)(H,70,81)(H,71,78)(H,72,83)(H,73,79)(H,74,80)(H4,61,62,65)/t43-,44-,45-,46-,47+,48-,49-/m0/s1.